The van der Waals surface area contributed by atoms with E-state index in [2.05, 4.69) is 13.2 Å². The van der Waals surface area contributed by atoms with Crippen LogP contribution in [0.3, 0.4) is 0 Å². The van der Waals surface area contributed by atoms with Gasteiger partial charge in [-0.25, -0.2) is 0 Å². The lowest BCUT2D eigenvalue weighted by Crippen LogP contribution is -2.16. The number of hydrogen-bond donors (Lipinski definition) is 1. The molecule has 1 N–H and O–H groups in total. The Labute approximate surface area is 61.8 Å². The molecule has 0 aromatic heterocycles. The first kappa shape index (κ1) is 9.40. The minimum atomic E-state index is -0.115. The summed E-state index contributed by atoms with van der Waals surface area (Å²) < 4.78 is 5.14. The summed E-state index contributed by atoms with van der Waals surface area (Å²) in [5, 5.41) is 8.68. The lowest BCUT2D eigenvalue weighted by atomic mass is 10.3. The number of aliphatic hydroxyl groups is 1. The second-order valence-electron chi connectivity index (χ2n) is 1.95. The normalized spacial score (nSPS) is 12.5. The van der Waals surface area contributed by atoms with Crippen molar-refractivity contribution in [2.24, 2.45) is 0 Å². The predicted octanol–water partition coefficient (Wildman–Crippen LogP) is 1.13. The van der Waals surface area contributed by atoms with Crippen LogP contribution < -0.4 is 0 Å². The maximum Gasteiger partial charge on any atom is 0.0844 e. The summed E-state index contributed by atoms with van der Waals surface area (Å²) in [5.74, 6) is 0. The number of rotatable bonds is 6. The lowest BCUT2D eigenvalue weighted by Gasteiger charge is -2.10. The zero-order chi connectivity index (χ0) is 7.82. The molecule has 0 heterocycles. The zero-order valence-electron chi connectivity index (χ0n) is 6.12. The first-order valence-corrected chi connectivity index (χ1v) is 3.29. The Morgan fingerprint density at radius 1 is 1.40 bits per heavy atom. The second-order valence-corrected chi connectivity index (χ2v) is 1.95. The maximum absolute atomic E-state index is 8.68. The molecule has 2 nitrogen and oxygen atoms in total. The smallest absolute Gasteiger partial charge is 0.0844 e. The number of aliphatic hydroxyl groups excluding tert-OH is 1. The van der Waals surface area contributed by atoms with Gasteiger partial charge in [0.15, 0.2) is 0 Å². The van der Waals surface area contributed by atoms with Gasteiger partial charge in [-0.2, -0.15) is 0 Å². The maximum atomic E-state index is 8.68. The summed E-state index contributed by atoms with van der Waals surface area (Å²) in [6.45, 7) is 7.56. The minimum Gasteiger partial charge on any atom is -0.394 e. The molecular formula is C8H14O2. The minimum absolute atomic E-state index is 0.0415. The van der Waals surface area contributed by atoms with Crippen LogP contribution in [0.5, 0.6) is 0 Å². The van der Waals surface area contributed by atoms with Crippen molar-refractivity contribution in [1.29, 1.82) is 0 Å². The van der Waals surface area contributed by atoms with Crippen LogP contribution in [0.1, 0.15) is 6.42 Å². The van der Waals surface area contributed by atoms with E-state index in [1.807, 2.05) is 0 Å². The van der Waals surface area contributed by atoms with E-state index >= 15 is 0 Å². The SMILES string of the molecule is C=CCOC(CO)CC=C. The Bertz CT molecular complexity index is 99.4. The van der Waals surface area contributed by atoms with E-state index in [1.54, 1.807) is 12.2 Å². The molecule has 1 unspecified atom stereocenters. The summed E-state index contributed by atoms with van der Waals surface area (Å²) >= 11 is 0. The molecule has 0 aromatic carbocycles. The largest absolute Gasteiger partial charge is 0.394 e. The van der Waals surface area contributed by atoms with Gasteiger partial charge in [-0.05, 0) is 6.42 Å². The van der Waals surface area contributed by atoms with Crippen molar-refractivity contribution in [3.63, 3.8) is 0 Å². The fourth-order valence-electron chi connectivity index (χ4n) is 0.585. The van der Waals surface area contributed by atoms with Crippen molar-refractivity contribution in [3.05, 3.63) is 25.3 Å². The Morgan fingerprint density at radius 2 is 2.10 bits per heavy atom. The van der Waals surface area contributed by atoms with Gasteiger partial charge in [0.2, 0.25) is 0 Å². The van der Waals surface area contributed by atoms with E-state index in [0.29, 0.717) is 13.0 Å². The molecule has 0 bridgehead atoms. The van der Waals surface area contributed by atoms with Crippen molar-refractivity contribution in [2.45, 2.75) is 12.5 Å². The molecule has 0 spiro atoms. The third-order valence-electron chi connectivity index (χ3n) is 1.08. The number of ether oxygens (including phenoxy) is 1. The highest BCUT2D eigenvalue weighted by molar-refractivity contribution is 4.74. The Balaban J connectivity index is 3.38. The molecule has 0 aromatic rings. The first-order chi connectivity index (χ1) is 4.85. The standard InChI is InChI=1S/C8H14O2/c1-3-5-8(7-9)10-6-4-2/h3-4,8-9H,1-2,5-7H2. The molecule has 10 heavy (non-hydrogen) atoms. The molecule has 0 rings (SSSR count). The fraction of sp³-hybridized carbons (Fsp3) is 0.500. The van der Waals surface area contributed by atoms with Crippen LogP contribution in [0, 0.1) is 0 Å². The zero-order valence-corrected chi connectivity index (χ0v) is 6.12. The molecule has 0 radical (unpaired) electrons. The molecule has 0 aliphatic carbocycles. The van der Waals surface area contributed by atoms with E-state index in [9.17, 15) is 0 Å². The first-order valence-electron chi connectivity index (χ1n) is 3.29. The van der Waals surface area contributed by atoms with Crippen molar-refractivity contribution in [1.82, 2.24) is 0 Å². The van der Waals surface area contributed by atoms with Crippen molar-refractivity contribution in [3.8, 4) is 0 Å². The fourth-order valence-corrected chi connectivity index (χ4v) is 0.585. The molecule has 0 aliphatic heterocycles. The van der Waals surface area contributed by atoms with Gasteiger partial charge in [0.25, 0.3) is 0 Å². The molecule has 2 heteroatoms. The van der Waals surface area contributed by atoms with Gasteiger partial charge in [0.1, 0.15) is 0 Å². The monoisotopic (exact) mass is 142 g/mol. The number of hydrogen-bond acceptors (Lipinski definition) is 2. The summed E-state index contributed by atoms with van der Waals surface area (Å²) in [7, 11) is 0. The molecule has 0 saturated carbocycles. The summed E-state index contributed by atoms with van der Waals surface area (Å²) in [6.07, 6.45) is 3.95. The Hall–Kier alpha value is -0.600. The van der Waals surface area contributed by atoms with Gasteiger partial charge >= 0.3 is 0 Å². The van der Waals surface area contributed by atoms with Crippen LogP contribution in [0.4, 0.5) is 0 Å². The van der Waals surface area contributed by atoms with Gasteiger partial charge < -0.3 is 9.84 Å². The van der Waals surface area contributed by atoms with Crippen LogP contribution in [0.2, 0.25) is 0 Å². The highest BCUT2D eigenvalue weighted by Gasteiger charge is 2.02. The van der Waals surface area contributed by atoms with E-state index in [-0.39, 0.29) is 12.7 Å². The quantitative estimate of drug-likeness (QED) is 0.563. The van der Waals surface area contributed by atoms with Gasteiger partial charge in [0, 0.05) is 0 Å². The molecule has 0 aliphatic rings. The predicted molar refractivity (Wildman–Crippen MR) is 41.8 cm³/mol. The third kappa shape index (κ3) is 4.30. The van der Waals surface area contributed by atoms with E-state index in [1.165, 1.54) is 0 Å². The van der Waals surface area contributed by atoms with Crippen LogP contribution in [-0.4, -0.2) is 24.4 Å². The summed E-state index contributed by atoms with van der Waals surface area (Å²) in [5.41, 5.74) is 0. The van der Waals surface area contributed by atoms with Crippen molar-refractivity contribution in [2.75, 3.05) is 13.2 Å². The molecule has 58 valence electrons. The molecule has 0 saturated heterocycles. The highest BCUT2D eigenvalue weighted by Crippen LogP contribution is 1.97. The van der Waals surface area contributed by atoms with Gasteiger partial charge in [0.05, 0.1) is 19.3 Å². The van der Waals surface area contributed by atoms with Gasteiger partial charge in [-0.3, -0.25) is 0 Å². The van der Waals surface area contributed by atoms with E-state index in [0.717, 1.165) is 0 Å². The van der Waals surface area contributed by atoms with Crippen LogP contribution >= 0.6 is 0 Å². The van der Waals surface area contributed by atoms with Gasteiger partial charge in [-0.1, -0.05) is 12.2 Å². The molecule has 0 amide bonds. The average molecular weight is 142 g/mol. The Kier molecular flexibility index (Phi) is 6.13. The third-order valence-corrected chi connectivity index (χ3v) is 1.08. The van der Waals surface area contributed by atoms with Gasteiger partial charge in [-0.15, -0.1) is 13.2 Å². The van der Waals surface area contributed by atoms with Crippen LogP contribution in [0.15, 0.2) is 25.3 Å². The summed E-state index contributed by atoms with van der Waals surface area (Å²) in [6, 6.07) is 0. The van der Waals surface area contributed by atoms with Crippen LogP contribution in [-0.2, 0) is 4.74 Å². The Morgan fingerprint density at radius 3 is 2.50 bits per heavy atom. The second kappa shape index (κ2) is 6.52. The molecular weight excluding hydrogens is 128 g/mol. The molecule has 0 fully saturated rings. The van der Waals surface area contributed by atoms with Crippen molar-refractivity contribution < 1.29 is 9.84 Å². The molecule has 1 atom stereocenters. The highest BCUT2D eigenvalue weighted by atomic mass is 16.5. The van der Waals surface area contributed by atoms with E-state index in [4.69, 9.17) is 9.84 Å². The average Bonchev–Trinajstić information content (AvgIpc) is 1.98. The van der Waals surface area contributed by atoms with Crippen molar-refractivity contribution >= 4 is 0 Å². The summed E-state index contributed by atoms with van der Waals surface area (Å²) in [4.78, 5) is 0. The van der Waals surface area contributed by atoms with Crippen LogP contribution in [0.25, 0.3) is 0 Å². The van der Waals surface area contributed by atoms with E-state index < -0.39 is 0 Å². The topological polar surface area (TPSA) is 29.5 Å². The lowest BCUT2D eigenvalue weighted by molar-refractivity contribution is 0.0308.